The van der Waals surface area contributed by atoms with Crippen LogP contribution in [0.5, 0.6) is 0 Å². The number of unbranched alkanes of at least 4 members (excludes halogenated alkanes) is 46. The van der Waals surface area contributed by atoms with Crippen molar-refractivity contribution in [2.45, 2.75) is 335 Å². The Labute approximate surface area is 368 Å². The third-order valence-corrected chi connectivity index (χ3v) is 13.7. The zero-order valence-corrected chi connectivity index (χ0v) is 40.7. The van der Waals surface area contributed by atoms with Gasteiger partial charge in [0.1, 0.15) is 0 Å². The number of hydrogen-bond donors (Lipinski definition) is 0. The van der Waals surface area contributed by atoms with Gasteiger partial charge in [-0.1, -0.05) is 333 Å². The van der Waals surface area contributed by atoms with Gasteiger partial charge in [0.15, 0.2) is 0 Å². The fraction of sp³-hybridized carbons (Fsp3) is 0.897. The van der Waals surface area contributed by atoms with Gasteiger partial charge in [0, 0.05) is 0 Å². The molecule has 0 spiro atoms. The Morgan fingerprint density at radius 3 is 0.483 bits per heavy atom. The molecule has 0 aliphatic carbocycles. The van der Waals surface area contributed by atoms with Gasteiger partial charge in [0.2, 0.25) is 0 Å². The molecule has 0 saturated heterocycles. The van der Waals surface area contributed by atoms with Crippen LogP contribution in [-0.2, 0) is 12.8 Å². The van der Waals surface area contributed by atoms with E-state index in [-0.39, 0.29) is 0 Å². The van der Waals surface area contributed by atoms with E-state index in [0.717, 1.165) is 0 Å². The Bertz CT molecular complexity index is 798. The van der Waals surface area contributed by atoms with Gasteiger partial charge < -0.3 is 0 Å². The van der Waals surface area contributed by atoms with Crippen LogP contribution in [0.4, 0.5) is 0 Å². The van der Waals surface area contributed by atoms with E-state index in [1.807, 2.05) is 0 Å². The number of benzene rings is 1. The van der Waals surface area contributed by atoms with Gasteiger partial charge in [0.05, 0.1) is 0 Å². The predicted molar refractivity (Wildman–Crippen MR) is 267 cm³/mol. The van der Waals surface area contributed by atoms with Gasteiger partial charge in [-0.05, 0) is 36.8 Å². The molecule has 0 fully saturated rings. The maximum atomic E-state index is 2.42. The van der Waals surface area contributed by atoms with Crippen molar-refractivity contribution in [3.05, 3.63) is 35.4 Å². The molecule has 0 N–H and O–H groups in total. The first-order chi connectivity index (χ1) is 28.9. The van der Waals surface area contributed by atoms with E-state index in [1.54, 1.807) is 11.1 Å². The second-order valence-corrected chi connectivity index (χ2v) is 19.5. The molecule has 0 nitrogen and oxygen atoms in total. The summed E-state index contributed by atoms with van der Waals surface area (Å²) in [7, 11) is 0. The number of rotatable bonds is 50. The minimum atomic E-state index is 1.30. The molecule has 0 radical (unpaired) electrons. The average Bonchev–Trinajstić information content (AvgIpc) is 3.24. The lowest BCUT2D eigenvalue weighted by atomic mass is 9.96. The van der Waals surface area contributed by atoms with E-state index in [0.29, 0.717) is 0 Å². The lowest BCUT2D eigenvalue weighted by molar-refractivity contribution is 0.516. The molecule has 0 bridgehead atoms. The Hall–Kier alpha value is -0.780. The summed E-state index contributed by atoms with van der Waals surface area (Å²) >= 11 is 0. The average molecular weight is 808 g/mol. The molecule has 0 heterocycles. The van der Waals surface area contributed by atoms with Gasteiger partial charge >= 0.3 is 0 Å². The van der Waals surface area contributed by atoms with Gasteiger partial charge in [-0.2, -0.15) is 0 Å². The van der Waals surface area contributed by atoms with Crippen LogP contribution >= 0.6 is 0 Å². The molecule has 0 unspecified atom stereocenters. The summed E-state index contributed by atoms with van der Waals surface area (Å²) in [4.78, 5) is 0. The quantitative estimate of drug-likeness (QED) is 0.0575. The molecule has 0 aromatic heterocycles. The third-order valence-electron chi connectivity index (χ3n) is 13.7. The lowest BCUT2D eigenvalue weighted by Crippen LogP contribution is -1.95. The summed E-state index contributed by atoms with van der Waals surface area (Å²) in [5.41, 5.74) is 3.30. The van der Waals surface area contributed by atoms with Crippen LogP contribution in [0, 0.1) is 0 Å². The first-order valence-electron chi connectivity index (χ1n) is 27.9. The Kier molecular flexibility index (Phi) is 46.6. The minimum Gasteiger partial charge on any atom is -0.0654 e. The molecular weight excluding hydrogens is 697 g/mol. The number of aryl methyl sites for hydroxylation is 2. The standard InChI is InChI=1S/C58H110/c1-3-5-7-9-11-13-15-17-19-21-23-25-27-29-31-33-35-37-39-41-43-45-47-49-53-57-55-51-52-56-58(57)54-50-48-46-44-42-40-38-36-34-32-30-28-26-24-22-20-18-16-14-12-10-8-6-4-2/h51-52,55-56H,3-50,53-54H2,1-2H3. The Balaban J connectivity index is 1.79. The van der Waals surface area contributed by atoms with E-state index < -0.39 is 0 Å². The highest BCUT2D eigenvalue weighted by Crippen LogP contribution is 2.20. The molecule has 0 amide bonds. The monoisotopic (exact) mass is 807 g/mol. The molecule has 0 aliphatic rings. The van der Waals surface area contributed by atoms with Crippen molar-refractivity contribution >= 4 is 0 Å². The van der Waals surface area contributed by atoms with Crippen LogP contribution in [0.1, 0.15) is 333 Å². The molecule has 0 saturated carbocycles. The lowest BCUT2D eigenvalue weighted by Gasteiger charge is -2.10. The van der Waals surface area contributed by atoms with Crippen LogP contribution in [0.2, 0.25) is 0 Å². The molecule has 1 aromatic carbocycles. The fourth-order valence-corrected chi connectivity index (χ4v) is 9.60. The van der Waals surface area contributed by atoms with Crippen LogP contribution in [0.25, 0.3) is 0 Å². The molecule has 0 aliphatic heterocycles. The molecule has 342 valence electrons. The van der Waals surface area contributed by atoms with Crippen molar-refractivity contribution in [1.82, 2.24) is 0 Å². The highest BCUT2D eigenvalue weighted by atomic mass is 14.1. The minimum absolute atomic E-state index is 1.30. The number of hydrogen-bond acceptors (Lipinski definition) is 0. The zero-order chi connectivity index (χ0) is 41.3. The summed E-state index contributed by atoms with van der Waals surface area (Å²) in [6.07, 6.45) is 73.0. The zero-order valence-electron chi connectivity index (χ0n) is 40.7. The maximum Gasteiger partial charge on any atom is -0.0276 e. The first kappa shape index (κ1) is 55.2. The second-order valence-electron chi connectivity index (χ2n) is 19.5. The van der Waals surface area contributed by atoms with Crippen LogP contribution in [0.15, 0.2) is 24.3 Å². The summed E-state index contributed by atoms with van der Waals surface area (Å²) in [5, 5.41) is 0. The van der Waals surface area contributed by atoms with Crippen molar-refractivity contribution in [3.8, 4) is 0 Å². The van der Waals surface area contributed by atoms with Crippen molar-refractivity contribution in [1.29, 1.82) is 0 Å². The van der Waals surface area contributed by atoms with Crippen molar-refractivity contribution in [3.63, 3.8) is 0 Å². The van der Waals surface area contributed by atoms with Gasteiger partial charge in [0.25, 0.3) is 0 Å². The van der Waals surface area contributed by atoms with Crippen LogP contribution < -0.4 is 0 Å². The first-order valence-corrected chi connectivity index (χ1v) is 27.9. The van der Waals surface area contributed by atoms with Crippen LogP contribution in [-0.4, -0.2) is 0 Å². The second kappa shape index (κ2) is 48.9. The summed E-state index contributed by atoms with van der Waals surface area (Å²) in [6, 6.07) is 9.40. The molecule has 1 rings (SSSR count). The van der Waals surface area contributed by atoms with Crippen LogP contribution in [0.3, 0.4) is 0 Å². The highest BCUT2D eigenvalue weighted by molar-refractivity contribution is 5.27. The molecule has 0 heteroatoms. The van der Waals surface area contributed by atoms with Gasteiger partial charge in [-0.25, -0.2) is 0 Å². The molecular formula is C58H110. The van der Waals surface area contributed by atoms with E-state index in [4.69, 9.17) is 0 Å². The molecule has 1 aromatic rings. The highest BCUT2D eigenvalue weighted by Gasteiger charge is 2.03. The normalized spacial score (nSPS) is 11.6. The van der Waals surface area contributed by atoms with Crippen molar-refractivity contribution < 1.29 is 0 Å². The SMILES string of the molecule is CCCCCCCCCCCCCCCCCCCCCCCCCCc1ccccc1CCCCCCCCCCCCCCCCCCCCCCCCCC. The smallest absolute Gasteiger partial charge is 0.0276 e. The summed E-state index contributed by atoms with van der Waals surface area (Å²) in [6.45, 7) is 4.63. The Morgan fingerprint density at radius 2 is 0.328 bits per heavy atom. The van der Waals surface area contributed by atoms with Gasteiger partial charge in [-0.3, -0.25) is 0 Å². The van der Waals surface area contributed by atoms with Gasteiger partial charge in [-0.15, -0.1) is 0 Å². The molecule has 0 atom stereocenters. The molecule has 58 heavy (non-hydrogen) atoms. The van der Waals surface area contributed by atoms with E-state index >= 15 is 0 Å². The van der Waals surface area contributed by atoms with E-state index in [1.165, 1.54) is 321 Å². The van der Waals surface area contributed by atoms with Crippen molar-refractivity contribution in [2.75, 3.05) is 0 Å². The fourth-order valence-electron chi connectivity index (χ4n) is 9.60. The van der Waals surface area contributed by atoms with E-state index in [9.17, 15) is 0 Å². The summed E-state index contributed by atoms with van der Waals surface area (Å²) < 4.78 is 0. The van der Waals surface area contributed by atoms with E-state index in [2.05, 4.69) is 38.1 Å². The third kappa shape index (κ3) is 41.9. The predicted octanol–water partition coefficient (Wildman–Crippen LogP) is 21.5. The van der Waals surface area contributed by atoms with Crippen molar-refractivity contribution in [2.24, 2.45) is 0 Å². The topological polar surface area (TPSA) is 0 Å². The maximum absolute atomic E-state index is 2.42. The Morgan fingerprint density at radius 1 is 0.190 bits per heavy atom. The summed E-state index contributed by atoms with van der Waals surface area (Å²) in [5.74, 6) is 0. The largest absolute Gasteiger partial charge is 0.0654 e.